The lowest BCUT2D eigenvalue weighted by Crippen LogP contribution is -2.43. The quantitative estimate of drug-likeness (QED) is 0.324. The van der Waals surface area contributed by atoms with Crippen molar-refractivity contribution in [2.24, 2.45) is 10.7 Å². The Labute approximate surface area is 156 Å². The van der Waals surface area contributed by atoms with Crippen LogP contribution in [-0.4, -0.2) is 12.0 Å². The lowest BCUT2D eigenvalue weighted by atomic mass is 10.1. The summed E-state index contributed by atoms with van der Waals surface area (Å²) >= 11 is 0. The van der Waals surface area contributed by atoms with Crippen LogP contribution in [0.5, 0.6) is 0 Å². The van der Waals surface area contributed by atoms with Crippen LogP contribution in [0.3, 0.4) is 0 Å². The minimum atomic E-state index is -0.586. The van der Waals surface area contributed by atoms with Crippen LogP contribution in [0.25, 0.3) is 10.8 Å². The minimum absolute atomic E-state index is 0.0260. The SMILES string of the molecule is NC(=NCc1cccc2ccccc12)NC(=O)NCc1c(N)cccc1F. The number of carbonyl (C=O) groups excluding carboxylic acids is 1. The number of carbonyl (C=O) groups is 1. The molecule has 0 saturated heterocycles. The molecule has 0 atom stereocenters. The predicted molar refractivity (Wildman–Crippen MR) is 105 cm³/mol. The smallest absolute Gasteiger partial charge is 0.321 e. The predicted octanol–water partition coefficient (Wildman–Crippen LogP) is 2.88. The normalized spacial score (nSPS) is 11.4. The number of nitrogen functional groups attached to an aromatic ring is 1. The van der Waals surface area contributed by atoms with E-state index < -0.39 is 11.8 Å². The number of aliphatic imine (C=N–C) groups is 1. The summed E-state index contributed by atoms with van der Waals surface area (Å²) < 4.78 is 13.7. The van der Waals surface area contributed by atoms with Gasteiger partial charge in [-0.1, -0.05) is 48.5 Å². The molecule has 0 spiro atoms. The molecule has 3 rings (SSSR count). The Morgan fingerprint density at radius 1 is 1.04 bits per heavy atom. The molecule has 0 heterocycles. The number of nitrogens with two attached hydrogens (primary N) is 2. The molecule has 6 N–H and O–H groups in total. The number of halogens is 1. The molecule has 6 nitrogen and oxygen atoms in total. The zero-order chi connectivity index (χ0) is 19.2. The molecule has 0 saturated carbocycles. The number of hydrogen-bond acceptors (Lipinski definition) is 3. The van der Waals surface area contributed by atoms with Gasteiger partial charge in [0.05, 0.1) is 6.54 Å². The number of rotatable bonds is 4. The summed E-state index contributed by atoms with van der Waals surface area (Å²) in [7, 11) is 0. The van der Waals surface area contributed by atoms with Gasteiger partial charge in [-0.05, 0) is 28.5 Å². The maximum atomic E-state index is 13.7. The molecular weight excluding hydrogens is 345 g/mol. The van der Waals surface area contributed by atoms with Crippen LogP contribution < -0.4 is 22.1 Å². The molecule has 0 radical (unpaired) electrons. The van der Waals surface area contributed by atoms with Gasteiger partial charge in [0.25, 0.3) is 0 Å². The highest BCUT2D eigenvalue weighted by Crippen LogP contribution is 2.19. The van der Waals surface area contributed by atoms with E-state index in [9.17, 15) is 9.18 Å². The number of nitrogens with one attached hydrogen (secondary N) is 2. The van der Waals surface area contributed by atoms with Crippen molar-refractivity contribution < 1.29 is 9.18 Å². The summed E-state index contributed by atoms with van der Waals surface area (Å²) in [6.45, 7) is 0.272. The summed E-state index contributed by atoms with van der Waals surface area (Å²) in [6, 6.07) is 17.7. The first-order chi connectivity index (χ1) is 13.0. The lowest BCUT2D eigenvalue weighted by Gasteiger charge is -2.10. The zero-order valence-corrected chi connectivity index (χ0v) is 14.6. The van der Waals surface area contributed by atoms with Crippen LogP contribution >= 0.6 is 0 Å². The number of amides is 2. The minimum Gasteiger partial charge on any atom is -0.398 e. The standard InChI is InChI=1S/C20H20FN5O/c21-17-9-4-10-18(22)16(17)12-25-20(27)26-19(23)24-11-14-7-3-6-13-5-1-2-8-15(13)14/h1-10H,11-12,22H2,(H4,23,24,25,26,27). The number of fused-ring (bicyclic) bond motifs is 1. The number of hydrogen-bond donors (Lipinski definition) is 4. The van der Waals surface area contributed by atoms with Crippen molar-refractivity contribution in [2.75, 3.05) is 5.73 Å². The Balaban J connectivity index is 1.59. The number of guanidine groups is 1. The molecule has 0 aliphatic carbocycles. The van der Waals surface area contributed by atoms with Crippen LogP contribution in [0.15, 0.2) is 65.7 Å². The third-order valence-corrected chi connectivity index (χ3v) is 4.12. The third kappa shape index (κ3) is 4.52. The highest BCUT2D eigenvalue weighted by molar-refractivity contribution is 5.95. The molecule has 2 amide bonds. The van der Waals surface area contributed by atoms with Crippen molar-refractivity contribution in [3.8, 4) is 0 Å². The highest BCUT2D eigenvalue weighted by atomic mass is 19.1. The van der Waals surface area contributed by atoms with E-state index in [0.717, 1.165) is 16.3 Å². The molecule has 0 bridgehead atoms. The summed E-state index contributed by atoms with van der Waals surface area (Å²) in [4.78, 5) is 16.1. The van der Waals surface area contributed by atoms with Crippen molar-refractivity contribution in [2.45, 2.75) is 13.1 Å². The van der Waals surface area contributed by atoms with Crippen LogP contribution in [0.4, 0.5) is 14.9 Å². The highest BCUT2D eigenvalue weighted by Gasteiger charge is 2.08. The number of anilines is 1. The Morgan fingerprint density at radius 3 is 2.59 bits per heavy atom. The molecule has 0 aromatic heterocycles. The van der Waals surface area contributed by atoms with E-state index in [2.05, 4.69) is 15.6 Å². The fourth-order valence-corrected chi connectivity index (χ4v) is 2.73. The molecule has 27 heavy (non-hydrogen) atoms. The molecule has 3 aromatic carbocycles. The van der Waals surface area contributed by atoms with Gasteiger partial charge in [-0.3, -0.25) is 5.32 Å². The van der Waals surface area contributed by atoms with Crippen molar-refractivity contribution in [1.29, 1.82) is 0 Å². The van der Waals surface area contributed by atoms with Crippen LogP contribution in [0.2, 0.25) is 0 Å². The Hall–Kier alpha value is -3.61. The number of nitrogens with zero attached hydrogens (tertiary/aromatic N) is 1. The molecule has 7 heteroatoms. The van der Waals surface area contributed by atoms with Gasteiger partial charge in [0.15, 0.2) is 5.96 Å². The molecule has 0 fully saturated rings. The number of urea groups is 1. The summed E-state index contributed by atoms with van der Waals surface area (Å²) in [6.07, 6.45) is 0. The van der Waals surface area contributed by atoms with Gasteiger partial charge < -0.3 is 16.8 Å². The maximum Gasteiger partial charge on any atom is 0.321 e. The van der Waals surface area contributed by atoms with Gasteiger partial charge in [-0.25, -0.2) is 14.2 Å². The van der Waals surface area contributed by atoms with Crippen molar-refractivity contribution in [3.63, 3.8) is 0 Å². The molecule has 0 unspecified atom stereocenters. The largest absolute Gasteiger partial charge is 0.398 e. The van der Waals surface area contributed by atoms with Gasteiger partial charge in [-0.15, -0.1) is 0 Å². The average Bonchev–Trinajstić information content (AvgIpc) is 2.66. The topological polar surface area (TPSA) is 106 Å². The Bertz CT molecular complexity index is 977. The van der Waals surface area contributed by atoms with E-state index in [1.165, 1.54) is 12.1 Å². The van der Waals surface area contributed by atoms with E-state index in [0.29, 0.717) is 6.54 Å². The maximum absolute atomic E-state index is 13.7. The molecule has 3 aromatic rings. The van der Waals surface area contributed by atoms with Gasteiger partial charge in [0.2, 0.25) is 0 Å². The van der Waals surface area contributed by atoms with Crippen LogP contribution in [-0.2, 0) is 13.1 Å². The van der Waals surface area contributed by atoms with E-state index in [1.54, 1.807) is 6.07 Å². The van der Waals surface area contributed by atoms with E-state index in [1.807, 2.05) is 42.5 Å². The molecule has 138 valence electrons. The zero-order valence-electron chi connectivity index (χ0n) is 14.6. The van der Waals surface area contributed by atoms with Gasteiger partial charge in [-0.2, -0.15) is 0 Å². The number of benzene rings is 3. The first-order valence-electron chi connectivity index (χ1n) is 8.39. The molecule has 0 aliphatic heterocycles. The summed E-state index contributed by atoms with van der Waals surface area (Å²) in [5.41, 5.74) is 13.0. The monoisotopic (exact) mass is 365 g/mol. The first kappa shape index (κ1) is 18.2. The van der Waals surface area contributed by atoms with E-state index >= 15 is 0 Å². The van der Waals surface area contributed by atoms with Crippen molar-refractivity contribution >= 4 is 28.5 Å². The second-order valence-corrected chi connectivity index (χ2v) is 5.96. The van der Waals surface area contributed by atoms with Crippen LogP contribution in [0.1, 0.15) is 11.1 Å². The lowest BCUT2D eigenvalue weighted by molar-refractivity contribution is 0.244. The first-order valence-corrected chi connectivity index (χ1v) is 8.39. The van der Waals surface area contributed by atoms with Crippen LogP contribution in [0, 0.1) is 5.82 Å². The Morgan fingerprint density at radius 2 is 1.78 bits per heavy atom. The van der Waals surface area contributed by atoms with Crippen molar-refractivity contribution in [1.82, 2.24) is 10.6 Å². The van der Waals surface area contributed by atoms with Gasteiger partial charge in [0.1, 0.15) is 5.82 Å². The second-order valence-electron chi connectivity index (χ2n) is 5.96. The summed E-state index contributed by atoms with van der Waals surface area (Å²) in [5, 5.41) is 7.12. The fourth-order valence-electron chi connectivity index (χ4n) is 2.73. The Kier molecular flexibility index (Phi) is 5.51. The fraction of sp³-hybridized carbons (Fsp3) is 0.100. The molecular formula is C20H20FN5O. The third-order valence-electron chi connectivity index (χ3n) is 4.12. The van der Waals surface area contributed by atoms with E-state index in [4.69, 9.17) is 11.5 Å². The second kappa shape index (κ2) is 8.18. The van der Waals surface area contributed by atoms with Gasteiger partial charge >= 0.3 is 6.03 Å². The van der Waals surface area contributed by atoms with Crippen molar-refractivity contribution in [3.05, 3.63) is 77.6 Å². The van der Waals surface area contributed by atoms with Gasteiger partial charge in [0, 0.05) is 17.8 Å². The average molecular weight is 365 g/mol. The van der Waals surface area contributed by atoms with E-state index in [-0.39, 0.29) is 23.8 Å². The molecule has 0 aliphatic rings. The summed E-state index contributed by atoms with van der Waals surface area (Å²) in [5.74, 6) is -0.505.